The molecule has 0 bridgehead atoms. The number of likely N-dealkylation sites (N-methyl/N-ethyl adjacent to an activating group) is 1. The second kappa shape index (κ2) is 4.90. The van der Waals surface area contributed by atoms with Crippen molar-refractivity contribution in [2.24, 2.45) is 5.73 Å². The lowest BCUT2D eigenvalue weighted by Gasteiger charge is -2.16. The molecular formula is C14H15BrN4. The lowest BCUT2D eigenvalue weighted by Crippen LogP contribution is -2.26. The van der Waals surface area contributed by atoms with Gasteiger partial charge in [0, 0.05) is 48.4 Å². The standard InChI is InChI=1S/C14H15BrN4/c1-19(6-5-16)14-17-8-9-7-11-10(13(9)18-14)3-2-4-12(11)15/h2-4,8H,5-7,16H2,1H3. The van der Waals surface area contributed by atoms with Gasteiger partial charge in [0.2, 0.25) is 5.95 Å². The molecular weight excluding hydrogens is 304 g/mol. The molecule has 3 rings (SSSR count). The summed E-state index contributed by atoms with van der Waals surface area (Å²) >= 11 is 3.60. The normalized spacial score (nSPS) is 12.2. The van der Waals surface area contributed by atoms with Crippen molar-refractivity contribution in [3.05, 3.63) is 40.0 Å². The van der Waals surface area contributed by atoms with Gasteiger partial charge in [0.15, 0.2) is 0 Å². The summed E-state index contributed by atoms with van der Waals surface area (Å²) in [7, 11) is 1.96. The van der Waals surface area contributed by atoms with Crippen LogP contribution in [0.15, 0.2) is 28.9 Å². The van der Waals surface area contributed by atoms with Gasteiger partial charge in [-0.15, -0.1) is 0 Å². The molecule has 2 N–H and O–H groups in total. The largest absolute Gasteiger partial charge is 0.343 e. The highest BCUT2D eigenvalue weighted by atomic mass is 79.9. The van der Waals surface area contributed by atoms with Crippen LogP contribution in [0.4, 0.5) is 5.95 Å². The predicted octanol–water partition coefficient (Wildman–Crippen LogP) is 2.21. The van der Waals surface area contributed by atoms with E-state index in [9.17, 15) is 0 Å². The Hall–Kier alpha value is -1.46. The smallest absolute Gasteiger partial charge is 0.225 e. The van der Waals surface area contributed by atoms with E-state index in [1.807, 2.05) is 24.2 Å². The van der Waals surface area contributed by atoms with Gasteiger partial charge in [-0.2, -0.15) is 0 Å². The molecule has 0 atom stereocenters. The van der Waals surface area contributed by atoms with Gasteiger partial charge in [-0.3, -0.25) is 0 Å². The number of nitrogens with zero attached hydrogens (tertiary/aromatic N) is 3. The van der Waals surface area contributed by atoms with Crippen molar-refractivity contribution < 1.29 is 0 Å². The predicted molar refractivity (Wildman–Crippen MR) is 80.3 cm³/mol. The van der Waals surface area contributed by atoms with E-state index in [1.54, 1.807) is 0 Å². The van der Waals surface area contributed by atoms with Gasteiger partial charge >= 0.3 is 0 Å². The van der Waals surface area contributed by atoms with Gasteiger partial charge in [-0.25, -0.2) is 9.97 Å². The van der Waals surface area contributed by atoms with E-state index in [0.717, 1.165) is 29.1 Å². The van der Waals surface area contributed by atoms with Gasteiger partial charge in [-0.1, -0.05) is 28.1 Å². The Kier molecular flexibility index (Phi) is 3.24. The maximum atomic E-state index is 5.57. The number of nitrogens with two attached hydrogens (primary N) is 1. The average Bonchev–Trinajstić information content (AvgIpc) is 2.78. The van der Waals surface area contributed by atoms with E-state index in [2.05, 4.69) is 33.0 Å². The maximum Gasteiger partial charge on any atom is 0.225 e. The molecule has 0 saturated heterocycles. The number of halogens is 1. The summed E-state index contributed by atoms with van der Waals surface area (Å²) in [6.07, 6.45) is 2.82. The molecule has 0 fully saturated rings. The van der Waals surface area contributed by atoms with Crippen molar-refractivity contribution >= 4 is 21.9 Å². The molecule has 0 amide bonds. The van der Waals surface area contributed by atoms with Crippen molar-refractivity contribution in [2.75, 3.05) is 25.0 Å². The van der Waals surface area contributed by atoms with Crippen LogP contribution in [0.5, 0.6) is 0 Å². The summed E-state index contributed by atoms with van der Waals surface area (Å²) in [4.78, 5) is 11.1. The highest BCUT2D eigenvalue weighted by Crippen LogP contribution is 2.38. The van der Waals surface area contributed by atoms with Crippen LogP contribution in [0.2, 0.25) is 0 Å². The molecule has 0 spiro atoms. The van der Waals surface area contributed by atoms with Crippen LogP contribution < -0.4 is 10.6 Å². The Bertz CT molecular complexity index is 627. The molecule has 0 radical (unpaired) electrons. The van der Waals surface area contributed by atoms with Crippen LogP contribution in [0, 0.1) is 0 Å². The van der Waals surface area contributed by atoms with E-state index in [4.69, 9.17) is 10.7 Å². The summed E-state index contributed by atoms with van der Waals surface area (Å²) < 4.78 is 1.14. The Morgan fingerprint density at radius 1 is 1.42 bits per heavy atom. The highest BCUT2D eigenvalue weighted by Gasteiger charge is 2.23. The van der Waals surface area contributed by atoms with E-state index >= 15 is 0 Å². The Labute approximate surface area is 120 Å². The lowest BCUT2D eigenvalue weighted by atomic mass is 10.1. The minimum atomic E-state index is 0.596. The second-order valence-corrected chi connectivity index (χ2v) is 5.55. The Balaban J connectivity index is 2.05. The summed E-state index contributed by atoms with van der Waals surface area (Å²) in [5.74, 6) is 0.733. The van der Waals surface area contributed by atoms with Crippen molar-refractivity contribution in [3.8, 4) is 11.3 Å². The Morgan fingerprint density at radius 3 is 3.05 bits per heavy atom. The average molecular weight is 319 g/mol. The second-order valence-electron chi connectivity index (χ2n) is 4.70. The van der Waals surface area contributed by atoms with Crippen LogP contribution in [-0.4, -0.2) is 30.1 Å². The number of hydrogen-bond acceptors (Lipinski definition) is 4. The highest BCUT2D eigenvalue weighted by molar-refractivity contribution is 9.10. The molecule has 98 valence electrons. The third kappa shape index (κ3) is 2.13. The molecule has 5 heteroatoms. The SMILES string of the molecule is CN(CCN)c1ncc2c(n1)-c1cccc(Br)c1C2. The van der Waals surface area contributed by atoms with Crippen LogP contribution in [0.1, 0.15) is 11.1 Å². The van der Waals surface area contributed by atoms with E-state index in [1.165, 1.54) is 16.7 Å². The summed E-state index contributed by atoms with van der Waals surface area (Å²) in [6, 6.07) is 6.23. The third-order valence-corrected chi connectivity index (χ3v) is 4.14. The van der Waals surface area contributed by atoms with Crippen LogP contribution in [-0.2, 0) is 6.42 Å². The van der Waals surface area contributed by atoms with Gasteiger partial charge in [-0.05, 0) is 11.6 Å². The number of anilines is 1. The Morgan fingerprint density at radius 2 is 2.26 bits per heavy atom. The van der Waals surface area contributed by atoms with Crippen molar-refractivity contribution in [1.82, 2.24) is 9.97 Å². The molecule has 1 aliphatic carbocycles. The first kappa shape index (κ1) is 12.6. The zero-order chi connectivity index (χ0) is 13.4. The van der Waals surface area contributed by atoms with Crippen LogP contribution in [0.25, 0.3) is 11.3 Å². The molecule has 0 saturated carbocycles. The number of rotatable bonds is 3. The van der Waals surface area contributed by atoms with E-state index in [0.29, 0.717) is 6.54 Å². The summed E-state index contributed by atoms with van der Waals surface area (Å²) in [5.41, 5.74) is 10.3. The number of aromatic nitrogens is 2. The zero-order valence-electron chi connectivity index (χ0n) is 10.7. The molecule has 0 aliphatic heterocycles. The van der Waals surface area contributed by atoms with Gasteiger partial charge in [0.05, 0.1) is 5.69 Å². The minimum Gasteiger partial charge on any atom is -0.343 e. The van der Waals surface area contributed by atoms with Crippen molar-refractivity contribution in [2.45, 2.75) is 6.42 Å². The maximum absolute atomic E-state index is 5.57. The molecule has 4 nitrogen and oxygen atoms in total. The fourth-order valence-corrected chi connectivity index (χ4v) is 2.89. The molecule has 1 aliphatic rings. The van der Waals surface area contributed by atoms with Gasteiger partial charge in [0.1, 0.15) is 0 Å². The van der Waals surface area contributed by atoms with Crippen molar-refractivity contribution in [3.63, 3.8) is 0 Å². The number of benzene rings is 1. The lowest BCUT2D eigenvalue weighted by molar-refractivity contribution is 0.845. The monoisotopic (exact) mass is 318 g/mol. The molecule has 19 heavy (non-hydrogen) atoms. The first-order chi connectivity index (χ1) is 9.20. The van der Waals surface area contributed by atoms with E-state index in [-0.39, 0.29) is 0 Å². The third-order valence-electron chi connectivity index (χ3n) is 3.40. The first-order valence-corrected chi connectivity index (χ1v) is 7.05. The first-order valence-electron chi connectivity index (χ1n) is 6.25. The zero-order valence-corrected chi connectivity index (χ0v) is 12.3. The van der Waals surface area contributed by atoms with Gasteiger partial charge < -0.3 is 10.6 Å². The topological polar surface area (TPSA) is 55.0 Å². The quantitative estimate of drug-likeness (QED) is 0.804. The minimum absolute atomic E-state index is 0.596. The summed E-state index contributed by atoms with van der Waals surface area (Å²) in [5, 5.41) is 0. The summed E-state index contributed by atoms with van der Waals surface area (Å²) in [6.45, 7) is 1.35. The molecule has 0 unspecified atom stereocenters. The number of hydrogen-bond donors (Lipinski definition) is 1. The fraction of sp³-hybridized carbons (Fsp3) is 0.286. The number of fused-ring (bicyclic) bond motifs is 3. The molecule has 1 aromatic carbocycles. The molecule has 2 aromatic rings. The molecule has 1 aromatic heterocycles. The van der Waals surface area contributed by atoms with Gasteiger partial charge in [0.25, 0.3) is 0 Å². The van der Waals surface area contributed by atoms with Crippen LogP contribution in [0.3, 0.4) is 0 Å². The van der Waals surface area contributed by atoms with Crippen LogP contribution >= 0.6 is 15.9 Å². The van der Waals surface area contributed by atoms with E-state index < -0.39 is 0 Å². The fourth-order valence-electron chi connectivity index (χ4n) is 2.39. The van der Waals surface area contributed by atoms with Crippen molar-refractivity contribution in [1.29, 1.82) is 0 Å². The molecule has 1 heterocycles.